The number of hydrogen-bond acceptors (Lipinski definition) is 8. The molecule has 1 fully saturated rings. The zero-order chi connectivity index (χ0) is 37.3. The number of aliphatic hydroxyl groups is 1. The molecule has 1 saturated heterocycles. The van der Waals surface area contributed by atoms with Crippen LogP contribution in [0.15, 0.2) is 84.9 Å². The predicted molar refractivity (Wildman–Crippen MR) is 196 cm³/mol. The number of carbonyl (C=O) groups excluding carboxylic acids is 5. The number of hydrogen-bond donors (Lipinski definition) is 5. The highest BCUT2D eigenvalue weighted by Gasteiger charge is 2.50. The van der Waals surface area contributed by atoms with Crippen molar-refractivity contribution >= 4 is 41.3 Å². The van der Waals surface area contributed by atoms with Crippen LogP contribution in [0.3, 0.4) is 0 Å². The van der Waals surface area contributed by atoms with Crippen molar-refractivity contribution in [3.8, 4) is 16.9 Å². The van der Waals surface area contributed by atoms with E-state index in [1.165, 1.54) is 16.7 Å². The van der Waals surface area contributed by atoms with Gasteiger partial charge < -0.3 is 36.4 Å². The molecule has 0 aromatic heterocycles. The first kappa shape index (κ1) is 38.9. The third-order valence-corrected chi connectivity index (χ3v) is 9.58. The van der Waals surface area contributed by atoms with Crippen LogP contribution in [0.5, 0.6) is 5.75 Å². The number of amides is 5. The van der Waals surface area contributed by atoms with E-state index in [4.69, 9.17) is 10.5 Å². The monoisotopic (exact) mass is 717 g/mol. The highest BCUT2D eigenvalue weighted by molar-refractivity contribution is 8.00. The van der Waals surface area contributed by atoms with Crippen LogP contribution in [0.4, 0.5) is 0 Å². The summed E-state index contributed by atoms with van der Waals surface area (Å²) in [6.45, 7) is 8.76. The van der Waals surface area contributed by atoms with Crippen LogP contribution in [0.25, 0.3) is 11.1 Å². The van der Waals surface area contributed by atoms with E-state index >= 15 is 0 Å². The summed E-state index contributed by atoms with van der Waals surface area (Å²) >= 11 is 1.40. The molecule has 1 aliphatic heterocycles. The van der Waals surface area contributed by atoms with Crippen molar-refractivity contribution in [1.29, 1.82) is 0 Å². The Bertz CT molecular complexity index is 1700. The van der Waals surface area contributed by atoms with Crippen LogP contribution in [0, 0.1) is 0 Å². The minimum atomic E-state index is -1.78. The van der Waals surface area contributed by atoms with Crippen LogP contribution >= 0.6 is 11.8 Å². The lowest BCUT2D eigenvalue weighted by molar-refractivity contribution is -0.148. The number of nitrogens with one attached hydrogen (secondary N) is 3. The summed E-state index contributed by atoms with van der Waals surface area (Å²) in [5, 5.41) is 19.7. The maximum atomic E-state index is 14.0. The molecule has 5 amide bonds. The summed E-state index contributed by atoms with van der Waals surface area (Å²) in [4.78, 5) is 67.4. The van der Waals surface area contributed by atoms with Crippen molar-refractivity contribution in [2.24, 2.45) is 5.73 Å². The average Bonchev–Trinajstić information content (AvgIpc) is 3.40. The van der Waals surface area contributed by atoms with Gasteiger partial charge in [0, 0.05) is 10.3 Å². The van der Waals surface area contributed by atoms with Crippen LogP contribution in [-0.4, -0.2) is 86.5 Å². The standard InChI is InChI=1S/C38H47N5O7S/c1-37(2,3)42-35(48)33-38(4,5)51-23-43(33)36(49)32(46)28(19-24-13-8-6-9-14-24)41-34(47)29(21-30(39)44)40-31(45)22-50-27-18-12-17-26(20-27)25-15-10-7-11-16-25/h6-18,20,28-29,32-33,46H,19,21-23H2,1-5H3,(H2,39,44)(H,40,45)(H,41,47)(H,42,48)/t28-,29-,32-,33-/m0/s1. The zero-order valence-corrected chi connectivity index (χ0v) is 30.4. The number of nitrogens with two attached hydrogens (primary N) is 1. The van der Waals surface area contributed by atoms with Crippen LogP contribution in [0.1, 0.15) is 46.6 Å². The Kier molecular flexibility index (Phi) is 12.9. The van der Waals surface area contributed by atoms with Crippen molar-refractivity contribution in [2.45, 2.75) is 82.0 Å². The molecule has 4 rings (SSSR count). The van der Waals surface area contributed by atoms with Gasteiger partial charge in [-0.1, -0.05) is 72.8 Å². The van der Waals surface area contributed by atoms with Gasteiger partial charge in [-0.15, -0.1) is 11.8 Å². The number of ether oxygens (including phenoxy) is 1. The SMILES string of the molecule is CC(C)(C)NC(=O)[C@@H]1N(C(=O)[C@@H](O)[C@H](Cc2ccccc2)NC(=O)[C@H](CC(N)=O)NC(=O)COc2cccc(-c3ccccc3)c2)CSC1(C)C. The van der Waals surface area contributed by atoms with E-state index in [1.54, 1.807) is 48.5 Å². The second kappa shape index (κ2) is 16.9. The molecule has 0 bridgehead atoms. The van der Waals surface area contributed by atoms with E-state index in [1.807, 2.05) is 71.0 Å². The fourth-order valence-electron chi connectivity index (χ4n) is 5.78. The van der Waals surface area contributed by atoms with Gasteiger partial charge in [0.25, 0.3) is 11.8 Å². The molecular weight excluding hydrogens is 671 g/mol. The van der Waals surface area contributed by atoms with E-state index in [0.29, 0.717) is 11.3 Å². The van der Waals surface area contributed by atoms with E-state index in [-0.39, 0.29) is 18.2 Å². The molecule has 3 aromatic rings. The van der Waals surface area contributed by atoms with Crippen LogP contribution in [-0.2, 0) is 30.4 Å². The summed E-state index contributed by atoms with van der Waals surface area (Å²) < 4.78 is 5.03. The third kappa shape index (κ3) is 11.1. The number of thioether (sulfide) groups is 1. The number of nitrogens with zero attached hydrogens (tertiary/aromatic N) is 1. The molecule has 12 nitrogen and oxygen atoms in total. The Morgan fingerprint density at radius 1 is 0.941 bits per heavy atom. The Morgan fingerprint density at radius 2 is 1.57 bits per heavy atom. The average molecular weight is 718 g/mol. The first-order valence-electron chi connectivity index (χ1n) is 16.7. The lowest BCUT2D eigenvalue weighted by atomic mass is 9.96. The van der Waals surface area contributed by atoms with Gasteiger partial charge in [-0.2, -0.15) is 0 Å². The van der Waals surface area contributed by atoms with Crippen molar-refractivity contribution in [3.05, 3.63) is 90.5 Å². The summed E-state index contributed by atoms with van der Waals surface area (Å²) in [6, 6.07) is 22.2. The molecular formula is C38H47N5O7S. The molecule has 3 aromatic carbocycles. The minimum absolute atomic E-state index is 0.0286. The van der Waals surface area contributed by atoms with Crippen LogP contribution in [0.2, 0.25) is 0 Å². The molecule has 13 heteroatoms. The van der Waals surface area contributed by atoms with E-state index in [2.05, 4.69) is 16.0 Å². The van der Waals surface area contributed by atoms with Crippen molar-refractivity contribution in [2.75, 3.05) is 12.5 Å². The van der Waals surface area contributed by atoms with Crippen molar-refractivity contribution in [3.63, 3.8) is 0 Å². The fraction of sp³-hybridized carbons (Fsp3) is 0.395. The Labute approximate surface area is 302 Å². The minimum Gasteiger partial charge on any atom is -0.484 e. The third-order valence-electron chi connectivity index (χ3n) is 8.20. The summed E-state index contributed by atoms with van der Waals surface area (Å²) in [7, 11) is 0. The molecule has 0 spiro atoms. The Morgan fingerprint density at radius 3 is 2.20 bits per heavy atom. The number of benzene rings is 3. The normalized spacial score (nSPS) is 17.1. The van der Waals surface area contributed by atoms with E-state index < -0.39 is 71.2 Å². The molecule has 1 aliphatic rings. The molecule has 6 N–H and O–H groups in total. The second-order valence-corrected chi connectivity index (χ2v) is 15.6. The quantitative estimate of drug-likeness (QED) is 0.169. The summed E-state index contributed by atoms with van der Waals surface area (Å²) in [5.41, 5.74) is 7.44. The highest BCUT2D eigenvalue weighted by Crippen LogP contribution is 2.40. The second-order valence-electron chi connectivity index (χ2n) is 14.0. The Balaban J connectivity index is 1.50. The van der Waals surface area contributed by atoms with E-state index in [0.717, 1.165) is 11.1 Å². The van der Waals surface area contributed by atoms with Gasteiger partial charge in [0.15, 0.2) is 12.7 Å². The highest BCUT2D eigenvalue weighted by atomic mass is 32.2. The molecule has 0 unspecified atom stereocenters. The lowest BCUT2D eigenvalue weighted by Gasteiger charge is -2.35. The largest absolute Gasteiger partial charge is 0.484 e. The molecule has 1 heterocycles. The zero-order valence-electron chi connectivity index (χ0n) is 29.6. The maximum Gasteiger partial charge on any atom is 0.258 e. The van der Waals surface area contributed by atoms with Gasteiger partial charge in [-0.3, -0.25) is 24.0 Å². The van der Waals surface area contributed by atoms with Gasteiger partial charge >= 0.3 is 0 Å². The van der Waals surface area contributed by atoms with Gasteiger partial charge in [0.05, 0.1) is 18.3 Å². The molecule has 0 saturated carbocycles. The van der Waals surface area contributed by atoms with Crippen LogP contribution < -0.4 is 26.4 Å². The summed E-state index contributed by atoms with van der Waals surface area (Å²) in [5.74, 6) is -2.92. The fourth-order valence-corrected chi connectivity index (χ4v) is 6.92. The maximum absolute atomic E-state index is 14.0. The molecule has 0 radical (unpaired) electrons. The van der Waals surface area contributed by atoms with Crippen molar-refractivity contribution in [1.82, 2.24) is 20.9 Å². The first-order chi connectivity index (χ1) is 24.0. The first-order valence-corrected chi connectivity index (χ1v) is 17.7. The molecule has 51 heavy (non-hydrogen) atoms. The number of carbonyl (C=O) groups is 5. The van der Waals surface area contributed by atoms with Gasteiger partial charge in [0.2, 0.25) is 17.7 Å². The molecule has 0 aliphatic carbocycles. The number of rotatable bonds is 14. The van der Waals surface area contributed by atoms with E-state index in [9.17, 15) is 29.1 Å². The topological polar surface area (TPSA) is 180 Å². The predicted octanol–water partition coefficient (Wildman–Crippen LogP) is 2.78. The smallest absolute Gasteiger partial charge is 0.258 e. The molecule has 4 atom stereocenters. The summed E-state index contributed by atoms with van der Waals surface area (Å²) in [6.07, 6.45) is -2.30. The van der Waals surface area contributed by atoms with Gasteiger partial charge in [-0.05, 0) is 69.9 Å². The number of primary amides is 1. The lowest BCUT2D eigenvalue weighted by Crippen LogP contribution is -2.61. The number of aliphatic hydroxyl groups excluding tert-OH is 1. The molecule has 272 valence electrons. The Hall–Kier alpha value is -4.88. The van der Waals surface area contributed by atoms with Crippen molar-refractivity contribution < 1.29 is 33.8 Å². The van der Waals surface area contributed by atoms with Gasteiger partial charge in [-0.25, -0.2) is 0 Å². The van der Waals surface area contributed by atoms with Gasteiger partial charge in [0.1, 0.15) is 17.8 Å².